The lowest BCUT2D eigenvalue weighted by molar-refractivity contribution is 0.0697. The highest BCUT2D eigenvalue weighted by Crippen LogP contribution is 2.22. The van der Waals surface area contributed by atoms with Crippen molar-refractivity contribution in [2.75, 3.05) is 11.9 Å². The highest BCUT2D eigenvalue weighted by Gasteiger charge is 2.09. The monoisotopic (exact) mass is 280 g/mol. The Labute approximate surface area is 116 Å². The third kappa shape index (κ3) is 4.90. The molecule has 1 rings (SSSR count). The van der Waals surface area contributed by atoms with E-state index in [2.05, 4.69) is 16.6 Å². The van der Waals surface area contributed by atoms with E-state index in [4.69, 9.17) is 23.1 Å². The van der Waals surface area contributed by atoms with Crippen LogP contribution in [0.1, 0.15) is 23.2 Å². The standard InChI is InChI=1S/C13H13ClN2O3/c1-2-3-4-7-15-13(19)16-11-6-5-9(12(17)18)8-10(11)14/h1,5-6,8H,3-4,7H2,(H,17,18)(H2,15,16,19). The summed E-state index contributed by atoms with van der Waals surface area (Å²) in [6.07, 6.45) is 6.37. The molecule has 0 saturated heterocycles. The molecule has 0 atom stereocenters. The van der Waals surface area contributed by atoms with Gasteiger partial charge in [-0.1, -0.05) is 11.6 Å². The highest BCUT2D eigenvalue weighted by molar-refractivity contribution is 6.34. The minimum absolute atomic E-state index is 0.0602. The Morgan fingerprint density at radius 1 is 1.42 bits per heavy atom. The van der Waals surface area contributed by atoms with Crippen LogP contribution in [0.25, 0.3) is 0 Å². The number of carboxylic acids is 1. The summed E-state index contributed by atoms with van der Waals surface area (Å²) in [5, 5.41) is 14.1. The van der Waals surface area contributed by atoms with Crippen molar-refractivity contribution in [2.45, 2.75) is 12.8 Å². The Bertz CT molecular complexity index is 523. The summed E-state index contributed by atoms with van der Waals surface area (Å²) in [5.41, 5.74) is 0.408. The number of carboxylic acid groups (broad SMARTS) is 1. The summed E-state index contributed by atoms with van der Waals surface area (Å²) in [4.78, 5) is 22.2. The van der Waals surface area contributed by atoms with Crippen molar-refractivity contribution >= 4 is 29.3 Å². The fraction of sp³-hybridized carbons (Fsp3) is 0.231. The number of anilines is 1. The summed E-state index contributed by atoms with van der Waals surface area (Å²) < 4.78 is 0. The van der Waals surface area contributed by atoms with Crippen molar-refractivity contribution in [1.29, 1.82) is 0 Å². The molecule has 0 aliphatic carbocycles. The Morgan fingerprint density at radius 3 is 2.74 bits per heavy atom. The zero-order valence-corrected chi connectivity index (χ0v) is 10.8. The van der Waals surface area contributed by atoms with E-state index >= 15 is 0 Å². The first kappa shape index (κ1) is 14.9. The van der Waals surface area contributed by atoms with Gasteiger partial charge >= 0.3 is 12.0 Å². The topological polar surface area (TPSA) is 78.4 Å². The van der Waals surface area contributed by atoms with Crippen LogP contribution in [-0.4, -0.2) is 23.7 Å². The SMILES string of the molecule is C#CCCCNC(=O)Nc1ccc(C(=O)O)cc1Cl. The van der Waals surface area contributed by atoms with Crippen molar-refractivity contribution in [2.24, 2.45) is 0 Å². The second-order valence-corrected chi connectivity index (χ2v) is 4.10. The number of urea groups is 1. The second kappa shape index (κ2) is 7.29. The minimum atomic E-state index is -1.08. The molecule has 0 aliphatic rings. The lowest BCUT2D eigenvalue weighted by atomic mass is 10.2. The van der Waals surface area contributed by atoms with E-state index < -0.39 is 12.0 Å². The molecule has 1 aromatic carbocycles. The molecule has 6 heteroatoms. The molecule has 19 heavy (non-hydrogen) atoms. The third-order valence-corrected chi connectivity index (χ3v) is 2.56. The summed E-state index contributed by atoms with van der Waals surface area (Å²) >= 11 is 5.87. The van der Waals surface area contributed by atoms with E-state index in [0.717, 1.165) is 0 Å². The number of hydrogen-bond acceptors (Lipinski definition) is 2. The van der Waals surface area contributed by atoms with Gasteiger partial charge in [0, 0.05) is 13.0 Å². The molecule has 0 spiro atoms. The summed E-state index contributed by atoms with van der Waals surface area (Å²) in [6.45, 7) is 0.459. The molecule has 0 radical (unpaired) electrons. The molecular formula is C13H13ClN2O3. The lowest BCUT2D eigenvalue weighted by Crippen LogP contribution is -2.29. The van der Waals surface area contributed by atoms with Gasteiger partial charge in [0.2, 0.25) is 0 Å². The average molecular weight is 281 g/mol. The zero-order valence-electron chi connectivity index (χ0n) is 10.1. The van der Waals surface area contributed by atoms with Crippen LogP contribution >= 0.6 is 11.6 Å². The fourth-order valence-corrected chi connectivity index (χ4v) is 1.54. The maximum absolute atomic E-state index is 11.5. The maximum atomic E-state index is 11.5. The predicted molar refractivity (Wildman–Crippen MR) is 73.5 cm³/mol. The van der Waals surface area contributed by atoms with Gasteiger partial charge in [-0.2, -0.15) is 0 Å². The average Bonchev–Trinajstić information content (AvgIpc) is 2.37. The molecule has 0 unspecified atom stereocenters. The number of carbonyl (C=O) groups excluding carboxylic acids is 1. The number of aromatic carboxylic acids is 1. The fourth-order valence-electron chi connectivity index (χ4n) is 1.31. The Morgan fingerprint density at radius 2 is 2.16 bits per heavy atom. The Balaban J connectivity index is 2.55. The summed E-state index contributed by atoms with van der Waals surface area (Å²) in [7, 11) is 0. The van der Waals surface area contributed by atoms with Crippen LogP contribution in [-0.2, 0) is 0 Å². The van der Waals surface area contributed by atoms with Crippen LogP contribution < -0.4 is 10.6 Å². The normalized spacial score (nSPS) is 9.47. The van der Waals surface area contributed by atoms with Crippen LogP contribution in [0.5, 0.6) is 0 Å². The van der Waals surface area contributed by atoms with E-state index in [9.17, 15) is 9.59 Å². The lowest BCUT2D eigenvalue weighted by Gasteiger charge is -2.09. The van der Waals surface area contributed by atoms with Gasteiger partial charge in [-0.3, -0.25) is 0 Å². The van der Waals surface area contributed by atoms with Gasteiger partial charge < -0.3 is 15.7 Å². The number of nitrogens with one attached hydrogen (secondary N) is 2. The van der Waals surface area contributed by atoms with Gasteiger partial charge in [-0.05, 0) is 24.6 Å². The first-order chi connectivity index (χ1) is 9.04. The van der Waals surface area contributed by atoms with Gasteiger partial charge in [-0.25, -0.2) is 9.59 Å². The van der Waals surface area contributed by atoms with Crippen LogP contribution in [0.15, 0.2) is 18.2 Å². The van der Waals surface area contributed by atoms with E-state index in [1.54, 1.807) is 0 Å². The molecular weight excluding hydrogens is 268 g/mol. The number of amides is 2. The predicted octanol–water partition coefficient (Wildman–Crippen LogP) is 2.57. The number of unbranched alkanes of at least 4 members (excludes halogenated alkanes) is 1. The number of benzene rings is 1. The third-order valence-electron chi connectivity index (χ3n) is 2.25. The van der Waals surface area contributed by atoms with Crippen LogP contribution in [0, 0.1) is 12.3 Å². The molecule has 1 aromatic rings. The first-order valence-corrected chi connectivity index (χ1v) is 5.93. The Kier molecular flexibility index (Phi) is 5.71. The van der Waals surface area contributed by atoms with Crippen molar-refractivity contribution in [1.82, 2.24) is 5.32 Å². The number of hydrogen-bond donors (Lipinski definition) is 3. The van der Waals surface area contributed by atoms with Gasteiger partial charge in [-0.15, -0.1) is 12.3 Å². The molecule has 0 aromatic heterocycles. The molecule has 0 aliphatic heterocycles. The van der Waals surface area contributed by atoms with Gasteiger partial charge in [0.25, 0.3) is 0 Å². The van der Waals surface area contributed by atoms with Crippen LogP contribution in [0.3, 0.4) is 0 Å². The van der Waals surface area contributed by atoms with E-state index in [0.29, 0.717) is 25.1 Å². The van der Waals surface area contributed by atoms with Crippen LogP contribution in [0.2, 0.25) is 5.02 Å². The molecule has 0 fully saturated rings. The molecule has 5 nitrogen and oxygen atoms in total. The van der Waals surface area contributed by atoms with Crippen molar-refractivity contribution in [3.63, 3.8) is 0 Å². The number of halogens is 1. The van der Waals surface area contributed by atoms with E-state index in [1.165, 1.54) is 18.2 Å². The first-order valence-electron chi connectivity index (χ1n) is 5.55. The minimum Gasteiger partial charge on any atom is -0.478 e. The van der Waals surface area contributed by atoms with Gasteiger partial charge in [0.15, 0.2) is 0 Å². The van der Waals surface area contributed by atoms with Crippen molar-refractivity contribution in [3.8, 4) is 12.3 Å². The van der Waals surface area contributed by atoms with E-state index in [1.807, 2.05) is 0 Å². The molecule has 0 saturated carbocycles. The van der Waals surface area contributed by atoms with Crippen LogP contribution in [0.4, 0.5) is 10.5 Å². The van der Waals surface area contributed by atoms with Gasteiger partial charge in [0.1, 0.15) is 0 Å². The van der Waals surface area contributed by atoms with E-state index in [-0.39, 0.29) is 10.6 Å². The largest absolute Gasteiger partial charge is 0.478 e. The summed E-state index contributed by atoms with van der Waals surface area (Å²) in [6, 6.07) is 3.66. The quantitative estimate of drug-likeness (QED) is 0.573. The zero-order chi connectivity index (χ0) is 14.3. The van der Waals surface area contributed by atoms with Crippen molar-refractivity contribution in [3.05, 3.63) is 28.8 Å². The molecule has 3 N–H and O–H groups in total. The molecule has 0 bridgehead atoms. The second-order valence-electron chi connectivity index (χ2n) is 3.69. The number of carbonyl (C=O) groups is 2. The molecule has 100 valence electrons. The summed E-state index contributed by atoms with van der Waals surface area (Å²) in [5.74, 6) is 1.39. The maximum Gasteiger partial charge on any atom is 0.335 e. The Hall–Kier alpha value is -2.19. The number of terminal acetylenes is 1. The highest BCUT2D eigenvalue weighted by atomic mass is 35.5. The molecule has 0 heterocycles. The number of rotatable bonds is 5. The molecule has 2 amide bonds. The van der Waals surface area contributed by atoms with Crippen molar-refractivity contribution < 1.29 is 14.7 Å². The smallest absolute Gasteiger partial charge is 0.335 e. The van der Waals surface area contributed by atoms with Gasteiger partial charge in [0.05, 0.1) is 16.3 Å².